The van der Waals surface area contributed by atoms with E-state index >= 15 is 0 Å². The fraction of sp³-hybridized carbons (Fsp3) is 0.312. The molecule has 0 amide bonds. The van der Waals surface area contributed by atoms with E-state index in [9.17, 15) is 5.11 Å². The minimum atomic E-state index is -0.271. The maximum Gasteiger partial charge on any atom is 0.150 e. The van der Waals surface area contributed by atoms with Crippen LogP contribution in [0.4, 0.5) is 0 Å². The fourth-order valence-electron chi connectivity index (χ4n) is 5.58. The van der Waals surface area contributed by atoms with Crippen molar-refractivity contribution in [3.63, 3.8) is 0 Å². The second-order valence-electron chi connectivity index (χ2n) is 10.3. The van der Waals surface area contributed by atoms with E-state index in [2.05, 4.69) is 63.8 Å². The van der Waals surface area contributed by atoms with E-state index < -0.39 is 0 Å². The first-order valence-corrected chi connectivity index (χ1v) is 14.2. The van der Waals surface area contributed by atoms with Crippen LogP contribution in [0.3, 0.4) is 0 Å². The molecule has 38 heavy (non-hydrogen) atoms. The Bertz CT molecular complexity index is 1430. The molecule has 5 nitrogen and oxygen atoms in total. The van der Waals surface area contributed by atoms with Crippen LogP contribution in [0.2, 0.25) is 0 Å². The Morgan fingerprint density at radius 2 is 1.71 bits per heavy atom. The molecule has 6 rings (SSSR count). The van der Waals surface area contributed by atoms with Crippen LogP contribution >= 0.6 is 11.9 Å². The maximum atomic E-state index is 10.1. The van der Waals surface area contributed by atoms with Gasteiger partial charge in [0.1, 0.15) is 23.9 Å². The van der Waals surface area contributed by atoms with Gasteiger partial charge in [-0.2, -0.15) is 0 Å². The molecular weight excluding hydrogens is 492 g/mol. The summed E-state index contributed by atoms with van der Waals surface area (Å²) in [6, 6.07) is 24.6. The van der Waals surface area contributed by atoms with E-state index in [1.165, 1.54) is 32.4 Å². The standard InChI is InChI=1S/C32H34N2O3S/c1-33(2)38-26-12-15-28-29-13-8-23-20-24(35)9-14-27(23)31(29)32(37-30(28)21-26)22-6-10-25(11-7-22)36-19-18-34-16-4-3-5-17-34/h6-15,20-21,32,35H,3-5,16-19H2,1-2H3. The van der Waals surface area contributed by atoms with Crippen LogP contribution in [0, 0.1) is 0 Å². The minimum absolute atomic E-state index is 0.266. The molecule has 1 saturated heterocycles. The number of aromatic hydroxyl groups is 1. The van der Waals surface area contributed by atoms with Gasteiger partial charge in [-0.25, -0.2) is 0 Å². The highest BCUT2D eigenvalue weighted by Crippen LogP contribution is 2.49. The lowest BCUT2D eigenvalue weighted by atomic mass is 9.86. The molecule has 4 aromatic rings. The molecule has 2 aliphatic heterocycles. The third-order valence-electron chi connectivity index (χ3n) is 7.39. The Hall–Kier alpha value is -3.19. The van der Waals surface area contributed by atoms with Crippen molar-refractivity contribution < 1.29 is 14.6 Å². The summed E-state index contributed by atoms with van der Waals surface area (Å²) in [5, 5.41) is 12.2. The second kappa shape index (κ2) is 10.9. The molecule has 0 aromatic heterocycles. The average molecular weight is 527 g/mol. The highest BCUT2D eigenvalue weighted by Gasteiger charge is 2.30. The summed E-state index contributed by atoms with van der Waals surface area (Å²) in [6.45, 7) is 4.05. The van der Waals surface area contributed by atoms with Gasteiger partial charge < -0.3 is 14.6 Å². The zero-order valence-electron chi connectivity index (χ0n) is 22.0. The number of hydrogen-bond acceptors (Lipinski definition) is 6. The summed E-state index contributed by atoms with van der Waals surface area (Å²) in [5.41, 5.74) is 4.46. The average Bonchev–Trinajstić information content (AvgIpc) is 2.92. The first kappa shape index (κ1) is 25.1. The molecule has 0 saturated carbocycles. The van der Waals surface area contributed by atoms with Crippen molar-refractivity contribution in [2.24, 2.45) is 0 Å². The number of hydrogen-bond donors (Lipinski definition) is 1. The molecule has 1 fully saturated rings. The number of benzene rings is 4. The number of fused-ring (bicyclic) bond motifs is 5. The van der Waals surface area contributed by atoms with Gasteiger partial charge in [0, 0.05) is 22.6 Å². The van der Waals surface area contributed by atoms with Crippen molar-refractivity contribution in [3.05, 3.63) is 83.9 Å². The Morgan fingerprint density at radius 1 is 0.921 bits per heavy atom. The van der Waals surface area contributed by atoms with E-state index in [4.69, 9.17) is 9.47 Å². The van der Waals surface area contributed by atoms with Crippen LogP contribution in [0.5, 0.6) is 17.2 Å². The quantitative estimate of drug-likeness (QED) is 0.259. The van der Waals surface area contributed by atoms with E-state index in [1.54, 1.807) is 18.0 Å². The van der Waals surface area contributed by atoms with E-state index in [-0.39, 0.29) is 11.9 Å². The SMILES string of the molecule is CN(C)Sc1ccc2c(c1)OC(c1ccc(OCCN3CCCCC3)cc1)c1c-2ccc2cc(O)ccc12. The van der Waals surface area contributed by atoms with Gasteiger partial charge in [0.25, 0.3) is 0 Å². The molecule has 1 unspecified atom stereocenters. The van der Waals surface area contributed by atoms with Gasteiger partial charge in [-0.15, -0.1) is 0 Å². The molecule has 6 heteroatoms. The van der Waals surface area contributed by atoms with Crippen LogP contribution in [0.25, 0.3) is 21.9 Å². The number of rotatable bonds is 7. The van der Waals surface area contributed by atoms with Crippen molar-refractivity contribution >= 4 is 22.7 Å². The van der Waals surface area contributed by atoms with Crippen molar-refractivity contribution in [3.8, 4) is 28.4 Å². The van der Waals surface area contributed by atoms with Crippen molar-refractivity contribution in [2.45, 2.75) is 30.3 Å². The third-order valence-corrected chi connectivity index (χ3v) is 8.22. The fourth-order valence-corrected chi connectivity index (χ4v) is 6.29. The number of ether oxygens (including phenoxy) is 2. The predicted molar refractivity (Wildman–Crippen MR) is 155 cm³/mol. The predicted octanol–water partition coefficient (Wildman–Crippen LogP) is 7.13. The summed E-state index contributed by atoms with van der Waals surface area (Å²) in [5.74, 6) is 2.03. The molecule has 0 bridgehead atoms. The lowest BCUT2D eigenvalue weighted by molar-refractivity contribution is 0.183. The molecular formula is C32H34N2O3S. The molecule has 1 N–H and O–H groups in total. The highest BCUT2D eigenvalue weighted by molar-refractivity contribution is 7.97. The summed E-state index contributed by atoms with van der Waals surface area (Å²) in [6.07, 6.45) is 3.67. The smallest absolute Gasteiger partial charge is 0.150 e. The van der Waals surface area contributed by atoms with Gasteiger partial charge >= 0.3 is 0 Å². The van der Waals surface area contributed by atoms with Crippen molar-refractivity contribution in [2.75, 3.05) is 40.3 Å². The van der Waals surface area contributed by atoms with Gasteiger partial charge in [0.15, 0.2) is 6.10 Å². The number of phenolic OH excluding ortho intramolecular Hbond substituents is 1. The summed E-state index contributed by atoms with van der Waals surface area (Å²) in [4.78, 5) is 3.63. The normalized spacial score (nSPS) is 17.2. The van der Waals surface area contributed by atoms with Crippen molar-refractivity contribution in [1.29, 1.82) is 0 Å². The molecule has 2 aliphatic rings. The number of nitrogens with zero attached hydrogens (tertiary/aromatic N) is 2. The van der Waals surface area contributed by atoms with Gasteiger partial charge in [-0.3, -0.25) is 9.21 Å². The molecule has 2 heterocycles. The van der Waals surface area contributed by atoms with Gasteiger partial charge in [-0.05, 0) is 116 Å². The van der Waals surface area contributed by atoms with Crippen LogP contribution in [0.1, 0.15) is 36.5 Å². The zero-order chi connectivity index (χ0) is 26.1. The highest BCUT2D eigenvalue weighted by atomic mass is 32.2. The van der Waals surface area contributed by atoms with Crippen LogP contribution in [0.15, 0.2) is 77.7 Å². The Labute approximate surface area is 229 Å². The first-order valence-electron chi connectivity index (χ1n) is 13.4. The van der Waals surface area contributed by atoms with Crippen LogP contribution < -0.4 is 9.47 Å². The molecule has 196 valence electrons. The third kappa shape index (κ3) is 5.21. The van der Waals surface area contributed by atoms with E-state index in [0.717, 1.165) is 56.0 Å². The Kier molecular flexibility index (Phi) is 7.20. The molecule has 1 atom stereocenters. The zero-order valence-corrected chi connectivity index (χ0v) is 22.8. The summed E-state index contributed by atoms with van der Waals surface area (Å²) < 4.78 is 14.9. The molecule has 0 radical (unpaired) electrons. The van der Waals surface area contributed by atoms with E-state index in [1.807, 2.05) is 26.2 Å². The molecule has 0 aliphatic carbocycles. The monoisotopic (exact) mass is 526 g/mol. The van der Waals surface area contributed by atoms with Gasteiger partial charge in [0.05, 0.1) is 0 Å². The maximum absolute atomic E-state index is 10.1. The molecule has 0 spiro atoms. The molecule has 4 aromatic carbocycles. The second-order valence-corrected chi connectivity index (χ2v) is 11.7. The number of piperidine rings is 1. The lowest BCUT2D eigenvalue weighted by Crippen LogP contribution is -2.33. The summed E-state index contributed by atoms with van der Waals surface area (Å²) in [7, 11) is 4.08. The topological polar surface area (TPSA) is 45.2 Å². The first-order chi connectivity index (χ1) is 18.5. The number of likely N-dealkylation sites (tertiary alicyclic amines) is 1. The Balaban J connectivity index is 1.32. The lowest BCUT2D eigenvalue weighted by Gasteiger charge is -2.31. The van der Waals surface area contributed by atoms with Crippen molar-refractivity contribution in [1.82, 2.24) is 9.21 Å². The Morgan fingerprint density at radius 3 is 2.50 bits per heavy atom. The largest absolute Gasteiger partial charge is 0.508 e. The van der Waals surface area contributed by atoms with Crippen LogP contribution in [-0.2, 0) is 0 Å². The van der Waals surface area contributed by atoms with E-state index in [0.29, 0.717) is 6.61 Å². The summed E-state index contributed by atoms with van der Waals surface area (Å²) >= 11 is 1.68. The minimum Gasteiger partial charge on any atom is -0.508 e. The van der Waals surface area contributed by atoms with Gasteiger partial charge in [0.2, 0.25) is 0 Å². The van der Waals surface area contributed by atoms with Crippen LogP contribution in [-0.4, -0.2) is 54.6 Å². The van der Waals surface area contributed by atoms with Gasteiger partial charge in [-0.1, -0.05) is 36.8 Å². The number of phenols is 1.